The molecule has 0 aromatic carbocycles. The number of rotatable bonds is 10. The molecule has 0 saturated heterocycles. The van der Waals surface area contributed by atoms with Crippen molar-refractivity contribution in [3.63, 3.8) is 0 Å². The highest BCUT2D eigenvalue weighted by atomic mass is 16.5. The number of hydrogen-bond donors (Lipinski definition) is 2. The van der Waals surface area contributed by atoms with Crippen LogP contribution in [0.1, 0.15) is 19.8 Å². The van der Waals surface area contributed by atoms with Crippen LogP contribution < -0.4 is 20.9 Å². The molecule has 0 fully saturated rings. The topological polar surface area (TPSA) is 122 Å². The van der Waals surface area contributed by atoms with E-state index in [0.29, 0.717) is 38.7 Å². The Kier molecular flexibility index (Phi) is 7.78. The van der Waals surface area contributed by atoms with Gasteiger partial charge in [-0.3, -0.25) is 5.43 Å². The Balaban J connectivity index is 2.95. The highest BCUT2D eigenvalue weighted by Gasteiger charge is 2.14. The zero-order valence-electron chi connectivity index (χ0n) is 12.4. The fraction of sp³-hybridized carbons (Fsp3) is 0.667. The van der Waals surface area contributed by atoms with Crippen molar-refractivity contribution in [3.05, 3.63) is 0 Å². The summed E-state index contributed by atoms with van der Waals surface area (Å²) in [6, 6.07) is 2.30. The van der Waals surface area contributed by atoms with E-state index in [-0.39, 0.29) is 12.0 Å². The van der Waals surface area contributed by atoms with Gasteiger partial charge in [0.05, 0.1) is 25.7 Å². The van der Waals surface area contributed by atoms with E-state index in [4.69, 9.17) is 20.6 Å². The first kappa shape index (κ1) is 16.9. The second-order valence-corrected chi connectivity index (χ2v) is 4.12. The molecule has 1 heterocycles. The number of anilines is 2. The van der Waals surface area contributed by atoms with Crippen molar-refractivity contribution in [2.75, 3.05) is 43.7 Å². The molecule has 9 nitrogen and oxygen atoms in total. The SMILES string of the molecule is CCCOc1nc(NN)nc(N(CCC#N)CCOC)n1. The first-order chi connectivity index (χ1) is 10.2. The normalized spacial score (nSPS) is 10.0. The monoisotopic (exact) mass is 295 g/mol. The summed E-state index contributed by atoms with van der Waals surface area (Å²) in [5.74, 6) is 5.98. The van der Waals surface area contributed by atoms with E-state index in [2.05, 4.69) is 26.4 Å². The Morgan fingerprint density at radius 1 is 1.29 bits per heavy atom. The molecule has 116 valence electrons. The second-order valence-electron chi connectivity index (χ2n) is 4.12. The quantitative estimate of drug-likeness (QED) is 0.463. The zero-order valence-corrected chi connectivity index (χ0v) is 12.4. The fourth-order valence-corrected chi connectivity index (χ4v) is 1.51. The number of nitrogen functional groups attached to an aromatic ring is 1. The summed E-state index contributed by atoms with van der Waals surface area (Å²) in [7, 11) is 1.61. The summed E-state index contributed by atoms with van der Waals surface area (Å²) in [5, 5.41) is 8.74. The smallest absolute Gasteiger partial charge is 0.323 e. The summed E-state index contributed by atoms with van der Waals surface area (Å²) in [5.41, 5.74) is 2.39. The minimum Gasteiger partial charge on any atom is -0.463 e. The minimum absolute atomic E-state index is 0.203. The summed E-state index contributed by atoms with van der Waals surface area (Å²) in [6.45, 7) is 4.03. The maximum absolute atomic E-state index is 8.74. The number of nitrogens with two attached hydrogens (primary N) is 1. The standard InChI is InChI=1S/C12H21N7O2/c1-3-8-21-12-16-10(18-14)15-11(17-12)19(6-4-5-13)7-9-20-2/h3-4,6-9,14H2,1-2H3,(H,15,16,17,18). The highest BCUT2D eigenvalue weighted by Crippen LogP contribution is 2.15. The number of hydrazine groups is 1. The van der Waals surface area contributed by atoms with Crippen LogP contribution in [0.5, 0.6) is 6.01 Å². The van der Waals surface area contributed by atoms with E-state index in [9.17, 15) is 0 Å². The lowest BCUT2D eigenvalue weighted by molar-refractivity contribution is 0.205. The van der Waals surface area contributed by atoms with Crippen molar-refractivity contribution in [3.8, 4) is 12.1 Å². The molecule has 3 N–H and O–H groups in total. The van der Waals surface area contributed by atoms with Crippen LogP contribution in [0, 0.1) is 11.3 Å². The number of ether oxygens (including phenoxy) is 2. The highest BCUT2D eigenvalue weighted by molar-refractivity contribution is 5.37. The van der Waals surface area contributed by atoms with Gasteiger partial charge >= 0.3 is 6.01 Å². The lowest BCUT2D eigenvalue weighted by atomic mass is 10.4. The maximum atomic E-state index is 8.74. The van der Waals surface area contributed by atoms with E-state index >= 15 is 0 Å². The van der Waals surface area contributed by atoms with E-state index in [0.717, 1.165) is 6.42 Å². The van der Waals surface area contributed by atoms with Gasteiger partial charge in [-0.2, -0.15) is 20.2 Å². The molecule has 0 bridgehead atoms. The van der Waals surface area contributed by atoms with E-state index in [1.807, 2.05) is 11.8 Å². The van der Waals surface area contributed by atoms with Crippen LogP contribution in [-0.4, -0.2) is 48.4 Å². The Hall–Kier alpha value is -2.18. The predicted octanol–water partition coefficient (Wildman–Crippen LogP) is 0.312. The van der Waals surface area contributed by atoms with Gasteiger partial charge in [-0.05, 0) is 6.42 Å². The first-order valence-corrected chi connectivity index (χ1v) is 6.71. The van der Waals surface area contributed by atoms with Crippen LogP contribution in [0.15, 0.2) is 0 Å². The van der Waals surface area contributed by atoms with Crippen molar-refractivity contribution < 1.29 is 9.47 Å². The van der Waals surface area contributed by atoms with Gasteiger partial charge < -0.3 is 14.4 Å². The van der Waals surface area contributed by atoms with Gasteiger partial charge in [0.1, 0.15) is 0 Å². The van der Waals surface area contributed by atoms with Crippen molar-refractivity contribution in [1.82, 2.24) is 15.0 Å². The molecular formula is C12H21N7O2. The Morgan fingerprint density at radius 2 is 2.10 bits per heavy atom. The summed E-state index contributed by atoms with van der Waals surface area (Å²) in [4.78, 5) is 14.3. The summed E-state index contributed by atoms with van der Waals surface area (Å²) in [6.07, 6.45) is 1.19. The van der Waals surface area contributed by atoms with Crippen molar-refractivity contribution in [2.45, 2.75) is 19.8 Å². The Bertz CT molecular complexity index is 463. The van der Waals surface area contributed by atoms with Crippen molar-refractivity contribution in [1.29, 1.82) is 5.26 Å². The zero-order chi connectivity index (χ0) is 15.5. The average molecular weight is 295 g/mol. The number of nitriles is 1. The summed E-state index contributed by atoms with van der Waals surface area (Å²) >= 11 is 0. The molecule has 0 atom stereocenters. The van der Waals surface area contributed by atoms with Gasteiger partial charge in [0.25, 0.3) is 0 Å². The third-order valence-electron chi connectivity index (χ3n) is 2.51. The fourth-order valence-electron chi connectivity index (χ4n) is 1.51. The van der Waals surface area contributed by atoms with Crippen LogP contribution >= 0.6 is 0 Å². The molecule has 0 amide bonds. The molecule has 1 aromatic heterocycles. The molecule has 1 aromatic rings. The number of hydrogen-bond acceptors (Lipinski definition) is 9. The second kappa shape index (κ2) is 9.68. The van der Waals surface area contributed by atoms with Gasteiger partial charge in [0, 0.05) is 20.2 Å². The first-order valence-electron chi connectivity index (χ1n) is 6.71. The van der Waals surface area contributed by atoms with E-state index in [1.165, 1.54) is 0 Å². The van der Waals surface area contributed by atoms with Crippen LogP contribution in [0.4, 0.5) is 11.9 Å². The Morgan fingerprint density at radius 3 is 2.71 bits per heavy atom. The van der Waals surface area contributed by atoms with Gasteiger partial charge in [0.15, 0.2) is 0 Å². The lowest BCUT2D eigenvalue weighted by Gasteiger charge is -2.21. The van der Waals surface area contributed by atoms with Crippen molar-refractivity contribution >= 4 is 11.9 Å². The van der Waals surface area contributed by atoms with Crippen molar-refractivity contribution in [2.24, 2.45) is 5.84 Å². The molecule has 9 heteroatoms. The average Bonchev–Trinajstić information content (AvgIpc) is 2.52. The van der Waals surface area contributed by atoms with Gasteiger partial charge in [-0.25, -0.2) is 5.84 Å². The van der Waals surface area contributed by atoms with Gasteiger partial charge in [0.2, 0.25) is 11.9 Å². The van der Waals surface area contributed by atoms with Crippen LogP contribution in [0.3, 0.4) is 0 Å². The van der Waals surface area contributed by atoms with Crippen LogP contribution in [0.25, 0.3) is 0 Å². The number of nitrogens with zero attached hydrogens (tertiary/aromatic N) is 5. The lowest BCUT2D eigenvalue weighted by Crippen LogP contribution is -2.30. The van der Waals surface area contributed by atoms with Gasteiger partial charge in [-0.1, -0.05) is 6.92 Å². The minimum atomic E-state index is 0.203. The molecule has 1 rings (SSSR count). The van der Waals surface area contributed by atoms with Crippen LogP contribution in [0.2, 0.25) is 0 Å². The number of nitrogens with one attached hydrogen (secondary N) is 1. The van der Waals surface area contributed by atoms with E-state index < -0.39 is 0 Å². The molecule has 0 aliphatic heterocycles. The number of methoxy groups -OCH3 is 1. The van der Waals surface area contributed by atoms with E-state index in [1.54, 1.807) is 7.11 Å². The summed E-state index contributed by atoms with van der Waals surface area (Å²) < 4.78 is 10.5. The number of aromatic nitrogens is 3. The third kappa shape index (κ3) is 5.76. The molecule has 21 heavy (non-hydrogen) atoms. The molecule has 0 aliphatic carbocycles. The molecular weight excluding hydrogens is 274 g/mol. The predicted molar refractivity (Wildman–Crippen MR) is 77.7 cm³/mol. The Labute approximate surface area is 124 Å². The van der Waals surface area contributed by atoms with Crippen LogP contribution in [-0.2, 0) is 4.74 Å². The molecule has 0 radical (unpaired) electrons. The largest absolute Gasteiger partial charge is 0.463 e. The molecule has 0 saturated carbocycles. The van der Waals surface area contributed by atoms with Gasteiger partial charge in [-0.15, -0.1) is 0 Å². The molecule has 0 unspecified atom stereocenters. The third-order valence-corrected chi connectivity index (χ3v) is 2.51. The molecule has 0 spiro atoms. The maximum Gasteiger partial charge on any atom is 0.323 e. The molecule has 0 aliphatic rings.